The summed E-state index contributed by atoms with van der Waals surface area (Å²) in [5.74, 6) is 0.0686. The number of amides is 2. The van der Waals surface area contributed by atoms with Crippen LogP contribution in [0.15, 0.2) is 0 Å². The van der Waals surface area contributed by atoms with Gasteiger partial charge in [0.05, 0.1) is 6.61 Å². The summed E-state index contributed by atoms with van der Waals surface area (Å²) in [6.45, 7) is 5.21. The zero-order chi connectivity index (χ0) is 13.7. The van der Waals surface area contributed by atoms with Crippen molar-refractivity contribution < 1.29 is 19.5 Å². The summed E-state index contributed by atoms with van der Waals surface area (Å²) in [6, 6.07) is 0. The van der Waals surface area contributed by atoms with Crippen LogP contribution in [0.2, 0.25) is 0 Å². The third-order valence-corrected chi connectivity index (χ3v) is 3.54. The molecule has 1 heterocycles. The van der Waals surface area contributed by atoms with E-state index in [1.807, 2.05) is 13.8 Å². The van der Waals surface area contributed by atoms with E-state index in [2.05, 4.69) is 0 Å². The van der Waals surface area contributed by atoms with Crippen LogP contribution in [-0.4, -0.2) is 53.8 Å². The van der Waals surface area contributed by atoms with Gasteiger partial charge in [0.25, 0.3) is 0 Å². The molecule has 1 aliphatic rings. The van der Waals surface area contributed by atoms with Gasteiger partial charge in [-0.1, -0.05) is 6.92 Å². The van der Waals surface area contributed by atoms with Crippen LogP contribution in [0.25, 0.3) is 0 Å². The Morgan fingerprint density at radius 3 is 2.44 bits per heavy atom. The summed E-state index contributed by atoms with van der Waals surface area (Å²) < 4.78 is 0. The maximum atomic E-state index is 12.0. The van der Waals surface area contributed by atoms with Crippen LogP contribution in [-0.2, 0) is 9.63 Å². The zero-order valence-corrected chi connectivity index (χ0v) is 11.3. The highest BCUT2D eigenvalue weighted by Crippen LogP contribution is 2.26. The molecule has 0 aromatic carbocycles. The second-order valence-corrected chi connectivity index (χ2v) is 4.65. The van der Waals surface area contributed by atoms with Gasteiger partial charge < -0.3 is 10.0 Å². The van der Waals surface area contributed by atoms with Gasteiger partial charge >= 0.3 is 6.09 Å². The molecule has 1 saturated heterocycles. The lowest BCUT2D eigenvalue weighted by Gasteiger charge is -2.33. The predicted molar refractivity (Wildman–Crippen MR) is 65.9 cm³/mol. The third kappa shape index (κ3) is 3.60. The number of hydroxylamine groups is 2. The number of nitrogens with zero attached hydrogens (tertiary/aromatic N) is 2. The Balaban J connectivity index is 2.46. The first-order chi connectivity index (χ1) is 8.47. The highest BCUT2D eigenvalue weighted by atomic mass is 16.7. The highest BCUT2D eigenvalue weighted by Gasteiger charge is 2.31. The Morgan fingerprint density at radius 2 is 2.00 bits per heavy atom. The number of carboxylic acid groups (broad SMARTS) is 1. The normalized spacial score (nSPS) is 18.5. The summed E-state index contributed by atoms with van der Waals surface area (Å²) in [4.78, 5) is 29.4. The Hall–Kier alpha value is -1.30. The van der Waals surface area contributed by atoms with Crippen molar-refractivity contribution in [2.75, 3.05) is 26.7 Å². The maximum absolute atomic E-state index is 12.0. The van der Waals surface area contributed by atoms with Gasteiger partial charge in [-0.25, -0.2) is 9.86 Å². The molecule has 1 atom stereocenters. The number of likely N-dealkylation sites (tertiary alicyclic amines) is 1. The van der Waals surface area contributed by atoms with Crippen molar-refractivity contribution in [2.24, 2.45) is 11.8 Å². The quantitative estimate of drug-likeness (QED) is 0.774. The minimum absolute atomic E-state index is 0.0365. The number of hydrogen-bond acceptors (Lipinski definition) is 3. The monoisotopic (exact) mass is 258 g/mol. The largest absolute Gasteiger partial charge is 0.465 e. The molecule has 0 aromatic heterocycles. The van der Waals surface area contributed by atoms with Crippen LogP contribution in [0.3, 0.4) is 0 Å². The van der Waals surface area contributed by atoms with Gasteiger partial charge in [-0.05, 0) is 25.7 Å². The molecule has 1 unspecified atom stereocenters. The Bertz CT molecular complexity index is 300. The summed E-state index contributed by atoms with van der Waals surface area (Å²) >= 11 is 0. The van der Waals surface area contributed by atoms with Crippen LogP contribution < -0.4 is 0 Å². The van der Waals surface area contributed by atoms with E-state index >= 15 is 0 Å². The Kier molecular flexibility index (Phi) is 5.40. The van der Waals surface area contributed by atoms with E-state index in [1.165, 1.54) is 9.96 Å². The van der Waals surface area contributed by atoms with Crippen molar-refractivity contribution >= 4 is 12.0 Å². The fraction of sp³-hybridized carbons (Fsp3) is 0.833. The molecular formula is C12H22N2O4. The van der Waals surface area contributed by atoms with E-state index in [1.54, 1.807) is 7.05 Å². The van der Waals surface area contributed by atoms with Crippen LogP contribution >= 0.6 is 0 Å². The molecule has 1 rings (SSSR count). The van der Waals surface area contributed by atoms with E-state index in [4.69, 9.17) is 9.94 Å². The fourth-order valence-corrected chi connectivity index (χ4v) is 2.34. The van der Waals surface area contributed by atoms with E-state index in [9.17, 15) is 9.59 Å². The lowest BCUT2D eigenvalue weighted by molar-refractivity contribution is -0.182. The molecule has 2 amide bonds. The molecule has 1 fully saturated rings. The van der Waals surface area contributed by atoms with Crippen LogP contribution in [0.1, 0.15) is 26.7 Å². The summed E-state index contributed by atoms with van der Waals surface area (Å²) in [5, 5.41) is 10.1. The number of rotatable bonds is 4. The average molecular weight is 258 g/mol. The van der Waals surface area contributed by atoms with E-state index < -0.39 is 6.09 Å². The topological polar surface area (TPSA) is 70.1 Å². The minimum atomic E-state index is -0.876. The van der Waals surface area contributed by atoms with Crippen LogP contribution in [0, 0.1) is 11.8 Å². The summed E-state index contributed by atoms with van der Waals surface area (Å²) in [7, 11) is 1.62. The van der Waals surface area contributed by atoms with Gasteiger partial charge in [0.2, 0.25) is 5.91 Å². The maximum Gasteiger partial charge on any atom is 0.407 e. The molecule has 18 heavy (non-hydrogen) atoms. The number of hydrogen-bond donors (Lipinski definition) is 1. The zero-order valence-electron chi connectivity index (χ0n) is 11.3. The van der Waals surface area contributed by atoms with Crippen LogP contribution in [0.4, 0.5) is 4.79 Å². The molecule has 0 radical (unpaired) electrons. The fourth-order valence-electron chi connectivity index (χ4n) is 2.34. The number of carbonyl (C=O) groups is 2. The first kappa shape index (κ1) is 14.8. The minimum Gasteiger partial charge on any atom is -0.465 e. The molecule has 1 N–H and O–H groups in total. The van der Waals surface area contributed by atoms with Gasteiger partial charge in [-0.3, -0.25) is 9.63 Å². The molecule has 0 bridgehead atoms. The van der Waals surface area contributed by atoms with Gasteiger partial charge in [0, 0.05) is 26.1 Å². The van der Waals surface area contributed by atoms with E-state index in [-0.39, 0.29) is 17.7 Å². The summed E-state index contributed by atoms with van der Waals surface area (Å²) in [6.07, 6.45) is 0.595. The molecular weight excluding hydrogens is 236 g/mol. The lowest BCUT2D eigenvalue weighted by atomic mass is 9.85. The van der Waals surface area contributed by atoms with E-state index in [0.29, 0.717) is 19.7 Å². The van der Waals surface area contributed by atoms with Crippen molar-refractivity contribution in [2.45, 2.75) is 26.7 Å². The molecule has 0 aromatic rings. The van der Waals surface area contributed by atoms with Crippen molar-refractivity contribution in [3.05, 3.63) is 0 Å². The molecule has 0 saturated carbocycles. The Morgan fingerprint density at radius 1 is 1.44 bits per heavy atom. The van der Waals surface area contributed by atoms with Crippen LogP contribution in [0.5, 0.6) is 0 Å². The number of piperidine rings is 1. The SMILES string of the molecule is CCON(C)C(=O)C(C)C1CCN(C(=O)O)CC1. The summed E-state index contributed by atoms with van der Waals surface area (Å²) in [5.41, 5.74) is 0. The van der Waals surface area contributed by atoms with Crippen molar-refractivity contribution in [1.29, 1.82) is 0 Å². The smallest absolute Gasteiger partial charge is 0.407 e. The molecule has 6 nitrogen and oxygen atoms in total. The number of carbonyl (C=O) groups excluding carboxylic acids is 1. The molecule has 6 heteroatoms. The van der Waals surface area contributed by atoms with Gasteiger partial charge in [-0.15, -0.1) is 0 Å². The second kappa shape index (κ2) is 6.58. The van der Waals surface area contributed by atoms with Crippen molar-refractivity contribution in [3.8, 4) is 0 Å². The predicted octanol–water partition coefficient (Wildman–Crippen LogP) is 1.42. The van der Waals surface area contributed by atoms with Gasteiger partial charge in [0.15, 0.2) is 0 Å². The third-order valence-electron chi connectivity index (χ3n) is 3.54. The molecule has 104 valence electrons. The standard InChI is InChI=1S/C12H22N2O4/c1-4-18-13(3)11(15)9(2)10-5-7-14(8-6-10)12(16)17/h9-10H,4-8H2,1-3H3,(H,16,17). The molecule has 1 aliphatic heterocycles. The van der Waals surface area contributed by atoms with Gasteiger partial charge in [0.1, 0.15) is 0 Å². The lowest BCUT2D eigenvalue weighted by Crippen LogP contribution is -2.42. The van der Waals surface area contributed by atoms with E-state index in [0.717, 1.165) is 12.8 Å². The Labute approximate surface area is 107 Å². The first-order valence-electron chi connectivity index (χ1n) is 6.35. The second-order valence-electron chi connectivity index (χ2n) is 4.65. The highest BCUT2D eigenvalue weighted by molar-refractivity contribution is 5.77. The average Bonchev–Trinajstić information content (AvgIpc) is 2.37. The van der Waals surface area contributed by atoms with Crippen molar-refractivity contribution in [3.63, 3.8) is 0 Å². The van der Waals surface area contributed by atoms with Gasteiger partial charge in [-0.2, -0.15) is 0 Å². The first-order valence-corrected chi connectivity index (χ1v) is 6.35. The molecule has 0 spiro atoms. The van der Waals surface area contributed by atoms with Crippen molar-refractivity contribution in [1.82, 2.24) is 9.96 Å². The molecule has 0 aliphatic carbocycles.